The van der Waals surface area contributed by atoms with Gasteiger partial charge in [-0.15, -0.1) is 0 Å². The fourth-order valence-electron chi connectivity index (χ4n) is 3.32. The van der Waals surface area contributed by atoms with Crippen molar-refractivity contribution in [1.82, 2.24) is 25.1 Å². The summed E-state index contributed by atoms with van der Waals surface area (Å²) in [5, 5.41) is 8.05. The summed E-state index contributed by atoms with van der Waals surface area (Å²) >= 11 is 5.10. The van der Waals surface area contributed by atoms with Crippen LogP contribution in [-0.2, 0) is 0 Å². The van der Waals surface area contributed by atoms with E-state index in [1.807, 2.05) is 42.5 Å². The molecule has 0 aliphatic carbocycles. The number of nitrogens with zero attached hydrogens (tertiary/aromatic N) is 2. The Morgan fingerprint density at radius 1 is 0.926 bits per heavy atom. The Hall–Kier alpha value is -3.45. The van der Waals surface area contributed by atoms with Gasteiger partial charge in [-0.1, -0.05) is 18.2 Å². The molecule has 0 unspecified atom stereocenters. The zero-order chi connectivity index (χ0) is 18.4. The number of nitrogens with one attached hydrogen (secondary N) is 3. The van der Waals surface area contributed by atoms with Crippen LogP contribution >= 0.6 is 12.2 Å². The van der Waals surface area contributed by atoms with Crippen molar-refractivity contribution in [2.24, 2.45) is 0 Å². The van der Waals surface area contributed by atoms with E-state index in [4.69, 9.17) is 21.9 Å². The van der Waals surface area contributed by atoms with Gasteiger partial charge in [-0.05, 0) is 48.6 Å². The molecule has 0 spiro atoms. The highest BCUT2D eigenvalue weighted by molar-refractivity contribution is 7.71. The Morgan fingerprint density at radius 3 is 2.48 bits per heavy atom. The molecule has 6 nitrogen and oxygen atoms in total. The van der Waals surface area contributed by atoms with Crippen LogP contribution in [0, 0.1) is 4.77 Å². The maximum atomic E-state index is 5.28. The third-order valence-electron chi connectivity index (χ3n) is 4.60. The molecule has 0 atom stereocenters. The average Bonchev–Trinajstić information content (AvgIpc) is 3.31. The highest BCUT2D eigenvalue weighted by Gasteiger charge is 2.15. The molecule has 3 heterocycles. The van der Waals surface area contributed by atoms with E-state index in [0.717, 1.165) is 44.5 Å². The van der Waals surface area contributed by atoms with Crippen LogP contribution in [0.2, 0.25) is 0 Å². The number of pyridine rings is 1. The number of para-hydroxylation sites is 1. The van der Waals surface area contributed by atoms with Crippen molar-refractivity contribution in [3.8, 4) is 28.5 Å². The second kappa shape index (κ2) is 6.07. The third kappa shape index (κ3) is 2.60. The van der Waals surface area contributed by atoms with Crippen LogP contribution in [0.15, 0.2) is 54.6 Å². The van der Waals surface area contributed by atoms with Crippen molar-refractivity contribution in [1.29, 1.82) is 0 Å². The van der Waals surface area contributed by atoms with Crippen molar-refractivity contribution in [3.63, 3.8) is 0 Å². The Bertz CT molecular complexity index is 1330. The van der Waals surface area contributed by atoms with Crippen molar-refractivity contribution in [2.75, 3.05) is 7.11 Å². The number of rotatable bonds is 3. The van der Waals surface area contributed by atoms with E-state index in [2.05, 4.69) is 32.3 Å². The molecule has 0 saturated carbocycles. The first kappa shape index (κ1) is 15.8. The van der Waals surface area contributed by atoms with Crippen LogP contribution < -0.4 is 4.74 Å². The molecule has 5 rings (SSSR count). The number of fused-ring (bicyclic) bond motifs is 3. The van der Waals surface area contributed by atoms with Crippen LogP contribution in [0.4, 0.5) is 0 Å². The summed E-state index contributed by atoms with van der Waals surface area (Å²) in [5.41, 5.74) is 4.62. The van der Waals surface area contributed by atoms with Gasteiger partial charge in [-0.3, -0.25) is 10.2 Å². The van der Waals surface area contributed by atoms with Gasteiger partial charge in [-0.2, -0.15) is 4.98 Å². The summed E-state index contributed by atoms with van der Waals surface area (Å²) in [6.45, 7) is 0. The largest absolute Gasteiger partial charge is 0.497 e. The lowest BCUT2D eigenvalue weighted by Crippen LogP contribution is -1.92. The number of ether oxygens (including phenoxy) is 1. The maximum absolute atomic E-state index is 5.28. The molecule has 0 radical (unpaired) electrons. The molecule has 0 saturated heterocycles. The number of aromatic nitrogens is 5. The number of hydrogen-bond acceptors (Lipinski definition) is 4. The molecular formula is C20H15N5OS. The fourth-order valence-corrected chi connectivity index (χ4v) is 3.46. The summed E-state index contributed by atoms with van der Waals surface area (Å²) in [4.78, 5) is 12.7. The molecule has 3 aromatic heterocycles. The van der Waals surface area contributed by atoms with Gasteiger partial charge in [0.15, 0.2) is 5.82 Å². The summed E-state index contributed by atoms with van der Waals surface area (Å²) < 4.78 is 5.68. The van der Waals surface area contributed by atoms with Crippen molar-refractivity contribution in [3.05, 3.63) is 59.4 Å². The minimum atomic E-state index is 0.400. The van der Waals surface area contributed by atoms with Crippen LogP contribution in [0.1, 0.15) is 0 Å². The first-order valence-electron chi connectivity index (χ1n) is 8.44. The van der Waals surface area contributed by atoms with Gasteiger partial charge in [0.2, 0.25) is 4.77 Å². The number of hydrogen-bond donors (Lipinski definition) is 3. The molecule has 3 N–H and O–H groups in total. The standard InChI is InChI=1S/C20H15N5OS/c1-26-12-8-6-11(7-9-12)17-18-14(13-4-2-3-5-15(13)21-18)10-16(22-17)19-23-20(27)25-24-19/h2-10,21H,1H3,(H2,23,24,25,27). The Morgan fingerprint density at radius 2 is 1.74 bits per heavy atom. The Balaban J connectivity index is 1.84. The zero-order valence-corrected chi connectivity index (χ0v) is 15.2. The molecular weight excluding hydrogens is 358 g/mol. The lowest BCUT2D eigenvalue weighted by Gasteiger charge is -2.07. The normalized spacial score (nSPS) is 11.3. The third-order valence-corrected chi connectivity index (χ3v) is 4.80. The Kier molecular flexibility index (Phi) is 3.54. The highest BCUT2D eigenvalue weighted by atomic mass is 32.1. The van der Waals surface area contributed by atoms with Gasteiger partial charge in [0.25, 0.3) is 0 Å². The average molecular weight is 373 g/mol. The van der Waals surface area contributed by atoms with Crippen molar-refractivity contribution in [2.45, 2.75) is 0 Å². The molecule has 27 heavy (non-hydrogen) atoms. The van der Waals surface area contributed by atoms with E-state index < -0.39 is 0 Å². The SMILES string of the molecule is COc1ccc(-c2nc(-c3nc(=S)[nH][nH]3)cc3c2[nH]c2ccccc23)cc1. The minimum absolute atomic E-state index is 0.400. The molecule has 0 amide bonds. The number of H-pyrrole nitrogens is 3. The Labute approximate surface area is 159 Å². The minimum Gasteiger partial charge on any atom is -0.497 e. The van der Waals surface area contributed by atoms with Crippen LogP contribution in [0.5, 0.6) is 5.75 Å². The molecule has 7 heteroatoms. The van der Waals surface area contributed by atoms with E-state index in [1.54, 1.807) is 7.11 Å². The topological polar surface area (TPSA) is 82.4 Å². The van der Waals surface area contributed by atoms with Crippen molar-refractivity contribution < 1.29 is 4.74 Å². The highest BCUT2D eigenvalue weighted by Crippen LogP contribution is 2.34. The predicted octanol–water partition coefficient (Wildman–Crippen LogP) is 4.84. The first-order valence-corrected chi connectivity index (χ1v) is 8.85. The first-order chi connectivity index (χ1) is 13.2. The van der Waals surface area contributed by atoms with E-state index in [1.165, 1.54) is 0 Å². The fraction of sp³-hybridized carbons (Fsp3) is 0.0500. The van der Waals surface area contributed by atoms with Crippen LogP contribution in [0.25, 0.3) is 44.6 Å². The van der Waals surface area contributed by atoms with E-state index in [0.29, 0.717) is 10.6 Å². The van der Waals surface area contributed by atoms with Gasteiger partial charge in [0, 0.05) is 21.9 Å². The van der Waals surface area contributed by atoms with Gasteiger partial charge in [-0.25, -0.2) is 4.98 Å². The van der Waals surface area contributed by atoms with Crippen LogP contribution in [0.3, 0.4) is 0 Å². The summed E-state index contributed by atoms with van der Waals surface area (Å²) in [5.74, 6) is 1.42. The van der Waals surface area contributed by atoms with Gasteiger partial charge >= 0.3 is 0 Å². The quantitative estimate of drug-likeness (QED) is 0.395. The van der Waals surface area contributed by atoms with Gasteiger partial charge in [0.1, 0.15) is 11.4 Å². The number of methoxy groups -OCH3 is 1. The van der Waals surface area contributed by atoms with Crippen molar-refractivity contribution >= 4 is 34.0 Å². The molecule has 0 aliphatic rings. The summed E-state index contributed by atoms with van der Waals surface area (Å²) in [6.07, 6.45) is 0. The molecule has 5 aromatic rings. The number of aromatic amines is 3. The van der Waals surface area contributed by atoms with Crippen LogP contribution in [-0.4, -0.2) is 32.3 Å². The molecule has 0 bridgehead atoms. The summed E-state index contributed by atoms with van der Waals surface area (Å²) in [7, 11) is 1.66. The molecule has 0 aliphatic heterocycles. The number of benzene rings is 2. The maximum Gasteiger partial charge on any atom is 0.213 e. The van der Waals surface area contributed by atoms with E-state index in [9.17, 15) is 0 Å². The predicted molar refractivity (Wildman–Crippen MR) is 108 cm³/mol. The smallest absolute Gasteiger partial charge is 0.213 e. The van der Waals surface area contributed by atoms with Gasteiger partial charge in [0.05, 0.1) is 18.3 Å². The second-order valence-corrected chi connectivity index (χ2v) is 6.58. The second-order valence-electron chi connectivity index (χ2n) is 6.19. The lowest BCUT2D eigenvalue weighted by molar-refractivity contribution is 0.415. The zero-order valence-electron chi connectivity index (χ0n) is 14.4. The molecule has 2 aromatic carbocycles. The molecule has 0 fully saturated rings. The molecule has 132 valence electrons. The monoisotopic (exact) mass is 373 g/mol. The van der Waals surface area contributed by atoms with E-state index in [-0.39, 0.29) is 0 Å². The van der Waals surface area contributed by atoms with E-state index >= 15 is 0 Å². The lowest BCUT2D eigenvalue weighted by atomic mass is 10.1. The van der Waals surface area contributed by atoms with Gasteiger partial charge < -0.3 is 9.72 Å². The summed E-state index contributed by atoms with van der Waals surface area (Å²) in [6, 6.07) is 18.1.